The van der Waals surface area contributed by atoms with E-state index in [0.717, 1.165) is 31.2 Å². The highest BCUT2D eigenvalue weighted by atomic mass is 16.4. The number of carboxylic acids is 1. The molecule has 0 aliphatic heterocycles. The minimum atomic E-state index is -1.20. The van der Waals surface area contributed by atoms with Crippen molar-refractivity contribution in [2.75, 3.05) is 0 Å². The molecule has 92 valence electrons. The number of carboxylic acid groups (broad SMARTS) is 1. The van der Waals surface area contributed by atoms with Gasteiger partial charge in [-0.15, -0.1) is 0 Å². The summed E-state index contributed by atoms with van der Waals surface area (Å²) in [6.07, 6.45) is 3.79. The van der Waals surface area contributed by atoms with Crippen LogP contribution in [0.15, 0.2) is 30.3 Å². The normalized spacial score (nSPS) is 20.1. The number of hydrogen-bond donors (Lipinski definition) is 2. The smallest absolute Gasteiger partial charge is 0.306 e. The van der Waals surface area contributed by atoms with E-state index >= 15 is 0 Å². The van der Waals surface area contributed by atoms with Gasteiger partial charge in [0.05, 0.1) is 6.42 Å². The third-order valence-corrected chi connectivity index (χ3v) is 3.72. The van der Waals surface area contributed by atoms with Gasteiger partial charge in [-0.25, -0.2) is 0 Å². The van der Waals surface area contributed by atoms with Gasteiger partial charge in [-0.1, -0.05) is 43.2 Å². The van der Waals surface area contributed by atoms with E-state index in [1.807, 2.05) is 30.3 Å². The summed E-state index contributed by atoms with van der Waals surface area (Å²) in [6.45, 7) is 0. The molecule has 3 nitrogen and oxygen atoms in total. The molecular weight excluding hydrogens is 216 g/mol. The Morgan fingerprint density at radius 1 is 1.24 bits per heavy atom. The second-order valence-electron chi connectivity index (χ2n) is 4.84. The van der Waals surface area contributed by atoms with E-state index in [2.05, 4.69) is 0 Å². The Morgan fingerprint density at radius 3 is 2.35 bits per heavy atom. The molecule has 1 saturated carbocycles. The van der Waals surface area contributed by atoms with Gasteiger partial charge in [0, 0.05) is 0 Å². The summed E-state index contributed by atoms with van der Waals surface area (Å²) >= 11 is 0. The third-order valence-electron chi connectivity index (χ3n) is 3.72. The predicted molar refractivity (Wildman–Crippen MR) is 64.5 cm³/mol. The molecule has 0 amide bonds. The monoisotopic (exact) mass is 234 g/mol. The van der Waals surface area contributed by atoms with Gasteiger partial charge in [-0.05, 0) is 24.3 Å². The minimum Gasteiger partial charge on any atom is -0.481 e. The quantitative estimate of drug-likeness (QED) is 0.841. The Morgan fingerprint density at radius 2 is 1.82 bits per heavy atom. The van der Waals surface area contributed by atoms with Gasteiger partial charge in [0.2, 0.25) is 0 Å². The van der Waals surface area contributed by atoms with Crippen molar-refractivity contribution < 1.29 is 15.0 Å². The van der Waals surface area contributed by atoms with Crippen LogP contribution in [0, 0.1) is 5.92 Å². The van der Waals surface area contributed by atoms with Crippen LogP contribution in [0.4, 0.5) is 0 Å². The average molecular weight is 234 g/mol. The molecule has 0 saturated heterocycles. The topological polar surface area (TPSA) is 57.5 Å². The molecule has 0 spiro atoms. The molecule has 0 bridgehead atoms. The van der Waals surface area contributed by atoms with Crippen molar-refractivity contribution in [3.8, 4) is 0 Å². The second kappa shape index (κ2) is 4.88. The first-order chi connectivity index (χ1) is 8.13. The number of hydrogen-bond acceptors (Lipinski definition) is 2. The Bertz CT molecular complexity index is 382. The zero-order valence-electron chi connectivity index (χ0n) is 9.80. The zero-order chi connectivity index (χ0) is 12.3. The molecule has 1 atom stereocenters. The largest absolute Gasteiger partial charge is 0.481 e. The summed E-state index contributed by atoms with van der Waals surface area (Å²) < 4.78 is 0. The Hall–Kier alpha value is -1.35. The first-order valence-electron chi connectivity index (χ1n) is 6.12. The Balaban J connectivity index is 2.32. The van der Waals surface area contributed by atoms with Crippen LogP contribution in [0.1, 0.15) is 37.7 Å². The van der Waals surface area contributed by atoms with Gasteiger partial charge in [0.15, 0.2) is 0 Å². The molecular formula is C14H18O3. The molecule has 1 aliphatic carbocycles. The summed E-state index contributed by atoms with van der Waals surface area (Å²) in [7, 11) is 0. The van der Waals surface area contributed by atoms with Crippen LogP contribution in [0.2, 0.25) is 0 Å². The van der Waals surface area contributed by atoms with Gasteiger partial charge in [0.1, 0.15) is 5.60 Å². The van der Waals surface area contributed by atoms with Crippen molar-refractivity contribution in [2.45, 2.75) is 37.7 Å². The second-order valence-corrected chi connectivity index (χ2v) is 4.84. The lowest BCUT2D eigenvalue weighted by atomic mass is 9.78. The highest BCUT2D eigenvalue weighted by Gasteiger charge is 2.41. The fraction of sp³-hybridized carbons (Fsp3) is 0.500. The molecule has 1 unspecified atom stereocenters. The Kier molecular flexibility index (Phi) is 3.48. The van der Waals surface area contributed by atoms with Crippen LogP contribution in [0.5, 0.6) is 0 Å². The van der Waals surface area contributed by atoms with E-state index in [1.54, 1.807) is 0 Å². The summed E-state index contributed by atoms with van der Waals surface area (Å²) in [4.78, 5) is 11.0. The molecule has 1 aliphatic rings. The molecule has 2 N–H and O–H groups in total. The summed E-state index contributed by atoms with van der Waals surface area (Å²) in [6, 6.07) is 9.20. The molecule has 3 heteroatoms. The number of aliphatic hydroxyl groups is 1. The van der Waals surface area contributed by atoms with Crippen molar-refractivity contribution in [1.29, 1.82) is 0 Å². The predicted octanol–water partition coefficient (Wildman–Crippen LogP) is 2.54. The van der Waals surface area contributed by atoms with E-state index in [4.69, 9.17) is 5.11 Å². The van der Waals surface area contributed by atoms with E-state index in [0.29, 0.717) is 0 Å². The maximum absolute atomic E-state index is 11.0. The highest BCUT2D eigenvalue weighted by molar-refractivity contribution is 5.68. The van der Waals surface area contributed by atoms with Crippen LogP contribution < -0.4 is 0 Å². The van der Waals surface area contributed by atoms with Gasteiger partial charge in [-0.3, -0.25) is 4.79 Å². The van der Waals surface area contributed by atoms with Crippen LogP contribution in [-0.4, -0.2) is 16.2 Å². The van der Waals surface area contributed by atoms with E-state index < -0.39 is 11.6 Å². The maximum Gasteiger partial charge on any atom is 0.306 e. The molecule has 0 radical (unpaired) electrons. The molecule has 0 heterocycles. The van der Waals surface area contributed by atoms with Crippen LogP contribution >= 0.6 is 0 Å². The number of rotatable bonds is 4. The lowest BCUT2D eigenvalue weighted by Crippen LogP contribution is -2.36. The molecule has 17 heavy (non-hydrogen) atoms. The van der Waals surface area contributed by atoms with Crippen molar-refractivity contribution in [3.05, 3.63) is 35.9 Å². The van der Waals surface area contributed by atoms with Gasteiger partial charge in [-0.2, -0.15) is 0 Å². The number of carbonyl (C=O) groups is 1. The summed E-state index contributed by atoms with van der Waals surface area (Å²) in [5.41, 5.74) is -0.474. The SMILES string of the molecule is O=C(O)CC(O)(c1ccccc1)C1CCCC1. The lowest BCUT2D eigenvalue weighted by molar-refractivity contribution is -0.146. The van der Waals surface area contributed by atoms with Crippen molar-refractivity contribution in [1.82, 2.24) is 0 Å². The summed E-state index contributed by atoms with van der Waals surface area (Å²) in [5.74, 6) is -0.871. The fourth-order valence-electron chi connectivity index (χ4n) is 2.84. The van der Waals surface area contributed by atoms with Gasteiger partial charge < -0.3 is 10.2 Å². The molecule has 0 aromatic heterocycles. The van der Waals surface area contributed by atoms with E-state index in [1.165, 1.54) is 0 Å². The lowest BCUT2D eigenvalue weighted by Gasteiger charge is -2.33. The molecule has 1 fully saturated rings. The molecule has 2 rings (SSSR count). The van der Waals surface area contributed by atoms with Crippen LogP contribution in [0.3, 0.4) is 0 Å². The fourth-order valence-corrected chi connectivity index (χ4v) is 2.84. The number of aliphatic carboxylic acids is 1. The number of benzene rings is 1. The first-order valence-corrected chi connectivity index (χ1v) is 6.12. The van der Waals surface area contributed by atoms with Crippen molar-refractivity contribution in [3.63, 3.8) is 0 Å². The van der Waals surface area contributed by atoms with Crippen molar-refractivity contribution in [2.24, 2.45) is 5.92 Å². The third kappa shape index (κ3) is 2.50. The standard InChI is InChI=1S/C14H18O3/c15-13(16)10-14(17,12-8-4-5-9-12)11-6-2-1-3-7-11/h1-3,6-7,12,17H,4-5,8-10H2,(H,15,16). The highest BCUT2D eigenvalue weighted by Crippen LogP contribution is 2.42. The summed E-state index contributed by atoms with van der Waals surface area (Å²) in [5, 5.41) is 19.8. The molecule has 1 aromatic rings. The van der Waals surface area contributed by atoms with Crippen LogP contribution in [0.25, 0.3) is 0 Å². The van der Waals surface area contributed by atoms with Gasteiger partial charge >= 0.3 is 5.97 Å². The minimum absolute atomic E-state index is 0.0704. The van der Waals surface area contributed by atoms with E-state index in [-0.39, 0.29) is 12.3 Å². The van der Waals surface area contributed by atoms with E-state index in [9.17, 15) is 9.90 Å². The molecule has 1 aromatic carbocycles. The van der Waals surface area contributed by atoms with Crippen molar-refractivity contribution >= 4 is 5.97 Å². The van der Waals surface area contributed by atoms with Gasteiger partial charge in [0.25, 0.3) is 0 Å². The van der Waals surface area contributed by atoms with Crippen LogP contribution in [-0.2, 0) is 10.4 Å². The first kappa shape index (κ1) is 12.1. The zero-order valence-corrected chi connectivity index (χ0v) is 9.80. The maximum atomic E-state index is 11.0. The Labute approximate surface area is 101 Å². The average Bonchev–Trinajstić information content (AvgIpc) is 2.83.